The molecule has 3 heterocycles. The molecule has 0 radical (unpaired) electrons. The molecule has 2 bridgehead atoms. The van der Waals surface area contributed by atoms with Crippen LogP contribution in [0.15, 0.2) is 24.5 Å². The minimum atomic E-state index is -0.559. The predicted octanol–water partition coefficient (Wildman–Crippen LogP) is 2.12. The third kappa shape index (κ3) is 2.16. The number of pyridine rings is 1. The quantitative estimate of drug-likeness (QED) is 0.918. The SMILES string of the molecule is CCOC(=O)N1C2CCC1C(C(O)c1cccnc1)C2. The molecular formula is C15H20N2O3. The van der Waals surface area contributed by atoms with E-state index in [4.69, 9.17) is 4.74 Å². The minimum absolute atomic E-state index is 0.0855. The van der Waals surface area contributed by atoms with Crippen LogP contribution in [0.4, 0.5) is 4.79 Å². The van der Waals surface area contributed by atoms with Crippen molar-refractivity contribution in [2.45, 2.75) is 44.4 Å². The topological polar surface area (TPSA) is 62.7 Å². The van der Waals surface area contributed by atoms with Crippen molar-refractivity contribution in [3.05, 3.63) is 30.1 Å². The Morgan fingerprint density at radius 1 is 1.60 bits per heavy atom. The Balaban J connectivity index is 1.76. The van der Waals surface area contributed by atoms with Crippen molar-refractivity contribution in [3.63, 3.8) is 0 Å². The summed E-state index contributed by atoms with van der Waals surface area (Å²) in [5.74, 6) is 0.0855. The summed E-state index contributed by atoms with van der Waals surface area (Å²) in [6, 6.07) is 4.03. The number of amides is 1. The van der Waals surface area contributed by atoms with E-state index in [9.17, 15) is 9.90 Å². The number of rotatable bonds is 3. The molecule has 4 atom stereocenters. The fraction of sp³-hybridized carbons (Fsp3) is 0.600. The Morgan fingerprint density at radius 3 is 3.15 bits per heavy atom. The fourth-order valence-electron chi connectivity index (χ4n) is 3.66. The van der Waals surface area contributed by atoms with Gasteiger partial charge in [0.2, 0.25) is 0 Å². The molecule has 1 aromatic rings. The first-order valence-electron chi connectivity index (χ1n) is 7.25. The summed E-state index contributed by atoms with van der Waals surface area (Å²) in [6.07, 6.45) is 5.41. The first kappa shape index (κ1) is 13.4. The van der Waals surface area contributed by atoms with Crippen molar-refractivity contribution >= 4 is 6.09 Å². The lowest BCUT2D eigenvalue weighted by Gasteiger charge is -2.27. The highest BCUT2D eigenvalue weighted by Crippen LogP contribution is 2.46. The monoisotopic (exact) mass is 276 g/mol. The molecule has 1 aromatic heterocycles. The first-order chi connectivity index (χ1) is 9.72. The number of carbonyl (C=O) groups excluding carboxylic acids is 1. The Kier molecular flexibility index (Phi) is 3.61. The van der Waals surface area contributed by atoms with E-state index >= 15 is 0 Å². The molecule has 5 heteroatoms. The van der Waals surface area contributed by atoms with Crippen LogP contribution in [0.1, 0.15) is 37.9 Å². The second kappa shape index (κ2) is 5.40. The molecule has 108 valence electrons. The van der Waals surface area contributed by atoms with E-state index in [1.165, 1.54) is 0 Å². The number of ether oxygens (including phenoxy) is 1. The van der Waals surface area contributed by atoms with Crippen LogP contribution in [0, 0.1) is 5.92 Å². The molecule has 1 N–H and O–H groups in total. The Labute approximate surface area is 118 Å². The second-order valence-corrected chi connectivity index (χ2v) is 5.54. The van der Waals surface area contributed by atoms with E-state index < -0.39 is 6.10 Å². The van der Waals surface area contributed by atoms with Gasteiger partial charge in [0.15, 0.2) is 0 Å². The lowest BCUT2D eigenvalue weighted by atomic mass is 9.83. The zero-order valence-electron chi connectivity index (χ0n) is 11.6. The zero-order valence-corrected chi connectivity index (χ0v) is 11.6. The normalized spacial score (nSPS) is 29.5. The van der Waals surface area contributed by atoms with Gasteiger partial charge in [-0.25, -0.2) is 4.79 Å². The van der Waals surface area contributed by atoms with E-state index in [0.29, 0.717) is 6.61 Å². The largest absolute Gasteiger partial charge is 0.450 e. The summed E-state index contributed by atoms with van der Waals surface area (Å²) in [4.78, 5) is 17.9. The number of carbonyl (C=O) groups is 1. The lowest BCUT2D eigenvalue weighted by Crippen LogP contribution is -2.37. The van der Waals surface area contributed by atoms with Gasteiger partial charge in [-0.1, -0.05) is 6.07 Å². The zero-order chi connectivity index (χ0) is 14.1. The van der Waals surface area contributed by atoms with Crippen molar-refractivity contribution in [2.24, 2.45) is 5.92 Å². The third-order valence-corrected chi connectivity index (χ3v) is 4.49. The van der Waals surface area contributed by atoms with Crippen molar-refractivity contribution in [3.8, 4) is 0 Å². The third-order valence-electron chi connectivity index (χ3n) is 4.49. The van der Waals surface area contributed by atoms with Gasteiger partial charge in [0.25, 0.3) is 0 Å². The highest BCUT2D eigenvalue weighted by Gasteiger charge is 2.51. The van der Waals surface area contributed by atoms with E-state index in [-0.39, 0.29) is 24.1 Å². The number of aliphatic hydroxyl groups excluding tert-OH is 1. The van der Waals surface area contributed by atoms with E-state index in [1.807, 2.05) is 24.0 Å². The summed E-state index contributed by atoms with van der Waals surface area (Å²) >= 11 is 0. The Hall–Kier alpha value is -1.62. The van der Waals surface area contributed by atoms with Crippen molar-refractivity contribution in [1.29, 1.82) is 0 Å². The van der Waals surface area contributed by atoms with Crippen molar-refractivity contribution < 1.29 is 14.6 Å². The fourth-order valence-corrected chi connectivity index (χ4v) is 3.66. The molecule has 2 saturated heterocycles. The van der Waals surface area contributed by atoms with Gasteiger partial charge in [-0.3, -0.25) is 4.98 Å². The molecular weight excluding hydrogens is 256 g/mol. The van der Waals surface area contributed by atoms with Crippen LogP contribution in [0.2, 0.25) is 0 Å². The van der Waals surface area contributed by atoms with Crippen LogP contribution in [0.5, 0.6) is 0 Å². The Bertz CT molecular complexity index is 479. The Morgan fingerprint density at radius 2 is 2.45 bits per heavy atom. The van der Waals surface area contributed by atoms with Crippen LogP contribution in [-0.2, 0) is 4.74 Å². The van der Waals surface area contributed by atoms with Gasteiger partial charge in [-0.05, 0) is 37.8 Å². The molecule has 0 aliphatic carbocycles. The van der Waals surface area contributed by atoms with E-state index in [2.05, 4.69) is 4.98 Å². The molecule has 0 aromatic carbocycles. The number of aromatic nitrogens is 1. The van der Waals surface area contributed by atoms with Gasteiger partial charge in [0, 0.05) is 30.4 Å². The van der Waals surface area contributed by atoms with Crippen LogP contribution in [0.25, 0.3) is 0 Å². The maximum Gasteiger partial charge on any atom is 0.410 e. The minimum Gasteiger partial charge on any atom is -0.450 e. The van der Waals surface area contributed by atoms with Gasteiger partial charge in [-0.2, -0.15) is 0 Å². The van der Waals surface area contributed by atoms with Crippen LogP contribution >= 0.6 is 0 Å². The highest BCUT2D eigenvalue weighted by molar-refractivity contribution is 5.69. The predicted molar refractivity (Wildman–Crippen MR) is 73.0 cm³/mol. The number of nitrogens with zero attached hydrogens (tertiary/aromatic N) is 2. The van der Waals surface area contributed by atoms with E-state index in [1.54, 1.807) is 12.4 Å². The van der Waals surface area contributed by atoms with Crippen molar-refractivity contribution in [2.75, 3.05) is 6.61 Å². The van der Waals surface area contributed by atoms with E-state index in [0.717, 1.165) is 24.8 Å². The number of aliphatic hydroxyl groups is 1. The average molecular weight is 276 g/mol. The first-order valence-corrected chi connectivity index (χ1v) is 7.25. The summed E-state index contributed by atoms with van der Waals surface area (Å²) < 4.78 is 5.13. The molecule has 2 aliphatic rings. The van der Waals surface area contributed by atoms with Gasteiger partial charge in [-0.15, -0.1) is 0 Å². The molecule has 2 fully saturated rings. The highest BCUT2D eigenvalue weighted by atomic mass is 16.6. The van der Waals surface area contributed by atoms with Gasteiger partial charge in [0.1, 0.15) is 0 Å². The van der Waals surface area contributed by atoms with Crippen LogP contribution in [0.3, 0.4) is 0 Å². The lowest BCUT2D eigenvalue weighted by molar-refractivity contribution is 0.0705. The second-order valence-electron chi connectivity index (χ2n) is 5.54. The number of hydrogen-bond donors (Lipinski definition) is 1. The number of hydrogen-bond acceptors (Lipinski definition) is 4. The number of fused-ring (bicyclic) bond motifs is 2. The standard InChI is InChI=1S/C15H20N2O3/c1-2-20-15(19)17-11-5-6-13(17)12(8-11)14(18)10-4-3-7-16-9-10/h3-4,7,9,11-14,18H,2,5-6,8H2,1H3. The molecule has 2 aliphatic heterocycles. The van der Waals surface area contributed by atoms with Gasteiger partial charge < -0.3 is 14.7 Å². The van der Waals surface area contributed by atoms with Crippen molar-refractivity contribution in [1.82, 2.24) is 9.88 Å². The summed E-state index contributed by atoms with van der Waals surface area (Å²) in [6.45, 7) is 2.21. The van der Waals surface area contributed by atoms with Gasteiger partial charge in [0.05, 0.1) is 12.7 Å². The molecule has 4 unspecified atom stereocenters. The average Bonchev–Trinajstić information content (AvgIpc) is 3.05. The summed E-state index contributed by atoms with van der Waals surface area (Å²) in [5, 5.41) is 10.6. The molecule has 0 saturated carbocycles. The molecule has 0 spiro atoms. The molecule has 3 rings (SSSR count). The molecule has 5 nitrogen and oxygen atoms in total. The molecule has 20 heavy (non-hydrogen) atoms. The summed E-state index contributed by atoms with van der Waals surface area (Å²) in [7, 11) is 0. The molecule has 1 amide bonds. The maximum absolute atomic E-state index is 12.0. The maximum atomic E-state index is 12.0. The summed E-state index contributed by atoms with van der Waals surface area (Å²) in [5.41, 5.74) is 0.828. The smallest absolute Gasteiger partial charge is 0.410 e. The van der Waals surface area contributed by atoms with Crippen LogP contribution < -0.4 is 0 Å². The van der Waals surface area contributed by atoms with Gasteiger partial charge >= 0.3 is 6.09 Å². The van der Waals surface area contributed by atoms with Crippen LogP contribution in [-0.4, -0.2) is 39.8 Å².